The van der Waals surface area contributed by atoms with Gasteiger partial charge in [0, 0.05) is 11.6 Å². The van der Waals surface area contributed by atoms with Crippen LogP contribution in [0.2, 0.25) is 0 Å². The molecule has 106 valence electrons. The minimum Gasteiger partial charge on any atom is -0.481 e. The van der Waals surface area contributed by atoms with E-state index in [1.165, 1.54) is 36.4 Å². The molecule has 0 saturated heterocycles. The van der Waals surface area contributed by atoms with Crippen LogP contribution in [0.25, 0.3) is 11.5 Å². The second kappa shape index (κ2) is 5.02. The number of nitrogens with zero attached hydrogens (tertiary/aromatic N) is 1. The normalized spacial score (nSPS) is 10.7. The standard InChI is InChI=1S/C14H9FN2O3S/c15-8-3-1-7(2-4-8)12(19)13-11(17-14(16)21-13)9-5-6-10(18)20-9/h1-6,18H,(H2,16,17). The predicted octanol–water partition coefficient (Wildman–Crippen LogP) is 3.06. The predicted molar refractivity (Wildman–Crippen MR) is 75.7 cm³/mol. The number of hydrogen-bond donors (Lipinski definition) is 2. The molecule has 3 aromatic rings. The number of furan rings is 1. The molecular weight excluding hydrogens is 295 g/mol. The van der Waals surface area contributed by atoms with Crippen LogP contribution >= 0.6 is 11.3 Å². The molecule has 0 aliphatic heterocycles. The highest BCUT2D eigenvalue weighted by molar-refractivity contribution is 7.18. The number of rotatable bonds is 3. The van der Waals surface area contributed by atoms with E-state index in [0.29, 0.717) is 5.56 Å². The molecule has 2 heterocycles. The largest absolute Gasteiger partial charge is 0.481 e. The molecule has 0 atom stereocenters. The van der Waals surface area contributed by atoms with Crippen LogP contribution < -0.4 is 5.73 Å². The Morgan fingerprint density at radius 2 is 1.95 bits per heavy atom. The van der Waals surface area contributed by atoms with Crippen LogP contribution in [-0.2, 0) is 0 Å². The molecule has 0 radical (unpaired) electrons. The first-order valence-electron chi connectivity index (χ1n) is 5.90. The fourth-order valence-corrected chi connectivity index (χ4v) is 2.64. The van der Waals surface area contributed by atoms with Crippen molar-refractivity contribution in [2.45, 2.75) is 0 Å². The summed E-state index contributed by atoms with van der Waals surface area (Å²) in [5.41, 5.74) is 6.23. The Kier molecular flexibility index (Phi) is 3.19. The van der Waals surface area contributed by atoms with Crippen molar-refractivity contribution in [3.63, 3.8) is 0 Å². The Labute approximate surface area is 122 Å². The highest BCUT2D eigenvalue weighted by Gasteiger charge is 2.22. The van der Waals surface area contributed by atoms with Crippen molar-refractivity contribution in [2.75, 3.05) is 5.73 Å². The van der Waals surface area contributed by atoms with Crippen LogP contribution in [0, 0.1) is 5.82 Å². The number of thiazole rings is 1. The number of aromatic nitrogens is 1. The van der Waals surface area contributed by atoms with Crippen molar-refractivity contribution in [1.29, 1.82) is 0 Å². The summed E-state index contributed by atoms with van der Waals surface area (Å²) >= 11 is 1.01. The Bertz CT molecular complexity index is 808. The number of nitrogens with two attached hydrogens (primary N) is 1. The lowest BCUT2D eigenvalue weighted by molar-refractivity contribution is 0.104. The van der Waals surface area contributed by atoms with Gasteiger partial charge in [-0.05, 0) is 30.3 Å². The van der Waals surface area contributed by atoms with Crippen molar-refractivity contribution in [3.05, 3.63) is 52.7 Å². The minimum atomic E-state index is -0.424. The van der Waals surface area contributed by atoms with Gasteiger partial charge in [0.15, 0.2) is 10.9 Å². The maximum absolute atomic E-state index is 12.9. The maximum atomic E-state index is 12.9. The molecule has 5 nitrogen and oxygen atoms in total. The summed E-state index contributed by atoms with van der Waals surface area (Å²) in [4.78, 5) is 16.8. The summed E-state index contributed by atoms with van der Waals surface area (Å²) in [6.45, 7) is 0. The number of nitrogen functional groups attached to an aromatic ring is 1. The highest BCUT2D eigenvalue weighted by Crippen LogP contribution is 2.33. The number of benzene rings is 1. The third-order valence-corrected chi connectivity index (χ3v) is 3.66. The van der Waals surface area contributed by atoms with E-state index in [9.17, 15) is 14.3 Å². The van der Waals surface area contributed by atoms with Gasteiger partial charge in [-0.1, -0.05) is 11.3 Å². The van der Waals surface area contributed by atoms with Crippen molar-refractivity contribution in [1.82, 2.24) is 4.98 Å². The Balaban J connectivity index is 2.06. The van der Waals surface area contributed by atoms with Gasteiger partial charge < -0.3 is 15.3 Å². The fourth-order valence-electron chi connectivity index (χ4n) is 1.84. The number of anilines is 1. The number of carbonyl (C=O) groups is 1. The molecule has 0 spiro atoms. The summed E-state index contributed by atoms with van der Waals surface area (Å²) in [6.07, 6.45) is 0. The number of halogens is 1. The van der Waals surface area contributed by atoms with Gasteiger partial charge in [-0.2, -0.15) is 0 Å². The summed E-state index contributed by atoms with van der Waals surface area (Å²) in [5, 5.41) is 9.45. The molecule has 0 amide bonds. The second-order valence-electron chi connectivity index (χ2n) is 4.20. The van der Waals surface area contributed by atoms with Crippen LogP contribution in [0.1, 0.15) is 15.2 Å². The third-order valence-electron chi connectivity index (χ3n) is 2.78. The molecule has 21 heavy (non-hydrogen) atoms. The van der Waals surface area contributed by atoms with E-state index in [2.05, 4.69) is 4.98 Å². The Hall–Kier alpha value is -2.67. The monoisotopic (exact) mass is 304 g/mol. The zero-order valence-electron chi connectivity index (χ0n) is 10.5. The SMILES string of the molecule is Nc1nc(-c2ccc(O)o2)c(C(=O)c2ccc(F)cc2)s1. The van der Waals surface area contributed by atoms with Gasteiger partial charge in [0.25, 0.3) is 5.95 Å². The summed E-state index contributed by atoms with van der Waals surface area (Å²) in [6, 6.07) is 8.02. The molecule has 0 aliphatic carbocycles. The van der Waals surface area contributed by atoms with Gasteiger partial charge in [0.1, 0.15) is 16.4 Å². The number of ketones is 1. The van der Waals surface area contributed by atoms with Crippen molar-refractivity contribution < 1.29 is 18.7 Å². The third kappa shape index (κ3) is 2.50. The van der Waals surface area contributed by atoms with E-state index in [1.807, 2.05) is 0 Å². The van der Waals surface area contributed by atoms with E-state index in [0.717, 1.165) is 11.3 Å². The van der Waals surface area contributed by atoms with E-state index in [4.69, 9.17) is 10.2 Å². The molecule has 0 unspecified atom stereocenters. The van der Waals surface area contributed by atoms with E-state index >= 15 is 0 Å². The first kappa shape index (κ1) is 13.3. The molecule has 2 aromatic heterocycles. The van der Waals surface area contributed by atoms with Crippen molar-refractivity contribution >= 4 is 22.3 Å². The van der Waals surface area contributed by atoms with Crippen LogP contribution in [0.4, 0.5) is 9.52 Å². The van der Waals surface area contributed by atoms with E-state index in [-0.39, 0.29) is 33.2 Å². The molecule has 0 bridgehead atoms. The quantitative estimate of drug-likeness (QED) is 0.726. The van der Waals surface area contributed by atoms with Crippen LogP contribution in [0.3, 0.4) is 0 Å². The summed E-state index contributed by atoms with van der Waals surface area (Å²) < 4.78 is 18.0. The minimum absolute atomic E-state index is 0.200. The second-order valence-corrected chi connectivity index (χ2v) is 5.23. The average Bonchev–Trinajstić information content (AvgIpc) is 3.05. The molecule has 3 rings (SSSR count). The van der Waals surface area contributed by atoms with Crippen molar-refractivity contribution in [3.8, 4) is 17.4 Å². The molecule has 0 saturated carbocycles. The average molecular weight is 304 g/mol. The summed E-state index contributed by atoms with van der Waals surface area (Å²) in [5.74, 6) is -0.802. The molecule has 3 N–H and O–H groups in total. The lowest BCUT2D eigenvalue weighted by Crippen LogP contribution is -2.00. The lowest BCUT2D eigenvalue weighted by Gasteiger charge is -2.00. The smallest absolute Gasteiger partial charge is 0.282 e. The Morgan fingerprint density at radius 1 is 1.24 bits per heavy atom. The van der Waals surface area contributed by atoms with E-state index < -0.39 is 5.82 Å². The molecule has 0 fully saturated rings. The molecule has 1 aromatic carbocycles. The van der Waals surface area contributed by atoms with Gasteiger partial charge in [-0.15, -0.1) is 0 Å². The zero-order chi connectivity index (χ0) is 15.0. The van der Waals surface area contributed by atoms with Gasteiger partial charge in [0.05, 0.1) is 0 Å². The van der Waals surface area contributed by atoms with Crippen LogP contribution in [-0.4, -0.2) is 15.9 Å². The number of aromatic hydroxyl groups is 1. The topological polar surface area (TPSA) is 89.3 Å². The highest BCUT2D eigenvalue weighted by atomic mass is 32.1. The lowest BCUT2D eigenvalue weighted by atomic mass is 10.1. The fraction of sp³-hybridized carbons (Fsp3) is 0. The summed E-state index contributed by atoms with van der Waals surface area (Å²) in [7, 11) is 0. The molecular formula is C14H9FN2O3S. The van der Waals surface area contributed by atoms with Crippen LogP contribution in [0.5, 0.6) is 5.95 Å². The molecule has 7 heteroatoms. The number of carbonyl (C=O) groups excluding carboxylic acids is 1. The van der Waals surface area contributed by atoms with E-state index in [1.54, 1.807) is 0 Å². The van der Waals surface area contributed by atoms with Gasteiger partial charge in [-0.25, -0.2) is 9.37 Å². The Morgan fingerprint density at radius 3 is 2.57 bits per heavy atom. The van der Waals surface area contributed by atoms with Crippen molar-refractivity contribution in [2.24, 2.45) is 0 Å². The molecule has 0 aliphatic rings. The zero-order valence-corrected chi connectivity index (χ0v) is 11.4. The van der Waals surface area contributed by atoms with Crippen LogP contribution in [0.15, 0.2) is 40.8 Å². The maximum Gasteiger partial charge on any atom is 0.282 e. The van der Waals surface area contributed by atoms with Gasteiger partial charge in [0.2, 0.25) is 5.78 Å². The first-order chi connectivity index (χ1) is 10.0. The number of hydrogen-bond acceptors (Lipinski definition) is 6. The van der Waals surface area contributed by atoms with Gasteiger partial charge in [-0.3, -0.25) is 4.79 Å². The first-order valence-corrected chi connectivity index (χ1v) is 6.72. The van der Waals surface area contributed by atoms with Gasteiger partial charge >= 0.3 is 0 Å².